The Morgan fingerprint density at radius 1 is 1.09 bits per heavy atom. The zero-order valence-electron chi connectivity index (χ0n) is 12.9. The van der Waals surface area contributed by atoms with Crippen LogP contribution in [-0.4, -0.2) is 30.9 Å². The number of hydrogen-bond acceptors (Lipinski definition) is 4. The van der Waals surface area contributed by atoms with Gasteiger partial charge >= 0.3 is 0 Å². The number of carbonyl (C=O) groups excluding carboxylic acids is 1. The second-order valence-electron chi connectivity index (χ2n) is 5.50. The van der Waals surface area contributed by atoms with Gasteiger partial charge in [-0.3, -0.25) is 4.79 Å². The van der Waals surface area contributed by atoms with Crippen LogP contribution in [0.1, 0.15) is 21.5 Å². The van der Waals surface area contributed by atoms with Crippen LogP contribution in [0, 0.1) is 13.8 Å². The van der Waals surface area contributed by atoms with Gasteiger partial charge in [-0.2, -0.15) is 0 Å². The van der Waals surface area contributed by atoms with Crippen molar-refractivity contribution in [3.8, 4) is 0 Å². The number of nitrogens with zero attached hydrogens (tertiary/aromatic N) is 1. The van der Waals surface area contributed by atoms with Crippen molar-refractivity contribution in [2.75, 3.05) is 12.3 Å². The standard InChI is InChI=1S/C17H17NO3S2/c1-12-7-8-15(13(2)11-12)22-10-9-18-17(19)14-5-3-4-6-16(14)23(18,20)21/h3-8,11H,9-10H2,1-2H3. The molecule has 0 fully saturated rings. The van der Waals surface area contributed by atoms with E-state index in [1.807, 2.05) is 26.0 Å². The molecule has 3 rings (SSSR count). The molecule has 2 aromatic carbocycles. The molecule has 2 aromatic rings. The number of carbonyl (C=O) groups is 1. The number of amides is 1. The minimum Gasteiger partial charge on any atom is -0.268 e. The molecule has 0 saturated carbocycles. The molecule has 0 atom stereocenters. The van der Waals surface area contributed by atoms with Gasteiger partial charge < -0.3 is 0 Å². The van der Waals surface area contributed by atoms with E-state index in [0.29, 0.717) is 5.75 Å². The monoisotopic (exact) mass is 347 g/mol. The van der Waals surface area contributed by atoms with Crippen LogP contribution in [0.15, 0.2) is 52.3 Å². The summed E-state index contributed by atoms with van der Waals surface area (Å²) in [6.07, 6.45) is 0. The first-order chi connectivity index (χ1) is 10.9. The molecular formula is C17H17NO3S2. The summed E-state index contributed by atoms with van der Waals surface area (Å²) >= 11 is 1.57. The summed E-state index contributed by atoms with van der Waals surface area (Å²) in [6, 6.07) is 12.5. The van der Waals surface area contributed by atoms with Crippen LogP contribution in [0.4, 0.5) is 0 Å². The van der Waals surface area contributed by atoms with E-state index < -0.39 is 15.9 Å². The van der Waals surface area contributed by atoms with E-state index in [1.54, 1.807) is 30.0 Å². The lowest BCUT2D eigenvalue weighted by Gasteiger charge is -2.15. The molecule has 0 N–H and O–H groups in total. The Labute approximate surface area is 140 Å². The smallest absolute Gasteiger partial charge is 0.268 e. The van der Waals surface area contributed by atoms with Gasteiger partial charge in [-0.15, -0.1) is 11.8 Å². The summed E-state index contributed by atoms with van der Waals surface area (Å²) in [5.41, 5.74) is 2.62. The zero-order chi connectivity index (χ0) is 16.6. The number of sulfonamides is 1. The second-order valence-corrected chi connectivity index (χ2v) is 8.46. The van der Waals surface area contributed by atoms with E-state index in [4.69, 9.17) is 0 Å². The average Bonchev–Trinajstić information content (AvgIpc) is 2.70. The van der Waals surface area contributed by atoms with E-state index in [0.717, 1.165) is 14.8 Å². The van der Waals surface area contributed by atoms with Crippen molar-refractivity contribution in [2.24, 2.45) is 0 Å². The van der Waals surface area contributed by atoms with Gasteiger partial charge in [-0.25, -0.2) is 12.7 Å². The molecule has 1 aliphatic rings. The highest BCUT2D eigenvalue weighted by molar-refractivity contribution is 7.99. The lowest BCUT2D eigenvalue weighted by atomic mass is 10.2. The van der Waals surface area contributed by atoms with Gasteiger partial charge in [0.15, 0.2) is 0 Å². The fraction of sp³-hybridized carbons (Fsp3) is 0.235. The average molecular weight is 347 g/mol. The van der Waals surface area contributed by atoms with Crippen LogP contribution in [-0.2, 0) is 10.0 Å². The van der Waals surface area contributed by atoms with Crippen molar-refractivity contribution in [3.63, 3.8) is 0 Å². The maximum absolute atomic E-state index is 12.4. The number of benzene rings is 2. The minimum absolute atomic E-state index is 0.113. The van der Waals surface area contributed by atoms with Crippen molar-refractivity contribution in [2.45, 2.75) is 23.6 Å². The van der Waals surface area contributed by atoms with Gasteiger partial charge in [0.2, 0.25) is 0 Å². The van der Waals surface area contributed by atoms with Crippen molar-refractivity contribution < 1.29 is 13.2 Å². The van der Waals surface area contributed by atoms with E-state index in [9.17, 15) is 13.2 Å². The molecule has 23 heavy (non-hydrogen) atoms. The molecule has 0 aliphatic carbocycles. The van der Waals surface area contributed by atoms with Crippen molar-refractivity contribution in [1.29, 1.82) is 0 Å². The Bertz CT molecular complexity index is 875. The Morgan fingerprint density at radius 2 is 1.83 bits per heavy atom. The van der Waals surface area contributed by atoms with Crippen LogP contribution in [0.5, 0.6) is 0 Å². The molecular weight excluding hydrogens is 330 g/mol. The lowest BCUT2D eigenvalue weighted by molar-refractivity contribution is 0.0876. The maximum Gasteiger partial charge on any atom is 0.269 e. The van der Waals surface area contributed by atoms with Crippen molar-refractivity contribution in [1.82, 2.24) is 4.31 Å². The molecule has 0 unspecified atom stereocenters. The molecule has 0 spiro atoms. The Kier molecular flexibility index (Phi) is 4.21. The third-order valence-electron chi connectivity index (χ3n) is 3.79. The first-order valence-electron chi connectivity index (χ1n) is 7.27. The van der Waals surface area contributed by atoms with Crippen LogP contribution in [0.3, 0.4) is 0 Å². The van der Waals surface area contributed by atoms with E-state index in [2.05, 4.69) is 6.07 Å². The van der Waals surface area contributed by atoms with Gasteiger partial charge in [0.25, 0.3) is 15.9 Å². The molecule has 6 heteroatoms. The van der Waals surface area contributed by atoms with Crippen LogP contribution < -0.4 is 0 Å². The third-order valence-corrected chi connectivity index (χ3v) is 6.79. The highest BCUT2D eigenvalue weighted by Crippen LogP contribution is 2.31. The van der Waals surface area contributed by atoms with Crippen LogP contribution >= 0.6 is 11.8 Å². The summed E-state index contributed by atoms with van der Waals surface area (Å²) in [5.74, 6) is 0.102. The fourth-order valence-corrected chi connectivity index (χ4v) is 5.28. The normalized spacial score (nSPS) is 15.7. The predicted octanol–water partition coefficient (Wildman–Crippen LogP) is 3.24. The SMILES string of the molecule is Cc1ccc(SCCN2C(=O)c3ccccc3S2(=O)=O)c(C)c1. The highest BCUT2D eigenvalue weighted by atomic mass is 32.2. The summed E-state index contributed by atoms with van der Waals surface area (Å²) in [7, 11) is -3.70. The Hall–Kier alpha value is -1.79. The quantitative estimate of drug-likeness (QED) is 0.797. The summed E-state index contributed by atoms with van der Waals surface area (Å²) in [4.78, 5) is 13.5. The number of hydrogen-bond donors (Lipinski definition) is 0. The molecule has 4 nitrogen and oxygen atoms in total. The second kappa shape index (κ2) is 6.02. The molecule has 0 saturated heterocycles. The highest BCUT2D eigenvalue weighted by Gasteiger charge is 2.40. The van der Waals surface area contributed by atoms with Gasteiger partial charge in [0.1, 0.15) is 4.90 Å². The molecule has 0 aromatic heterocycles. The van der Waals surface area contributed by atoms with Crippen LogP contribution in [0.25, 0.3) is 0 Å². The van der Waals surface area contributed by atoms with Gasteiger partial charge in [0, 0.05) is 17.2 Å². The van der Waals surface area contributed by atoms with Gasteiger partial charge in [-0.05, 0) is 37.6 Å². The summed E-state index contributed by atoms with van der Waals surface area (Å²) in [6.45, 7) is 4.24. The van der Waals surface area contributed by atoms with Crippen LogP contribution in [0.2, 0.25) is 0 Å². The summed E-state index contributed by atoms with van der Waals surface area (Å²) < 4.78 is 25.9. The van der Waals surface area contributed by atoms with Crippen molar-refractivity contribution >= 4 is 27.7 Å². The Morgan fingerprint density at radius 3 is 2.52 bits per heavy atom. The zero-order valence-corrected chi connectivity index (χ0v) is 14.6. The molecule has 1 aliphatic heterocycles. The molecule has 1 heterocycles. The third kappa shape index (κ3) is 2.88. The van der Waals surface area contributed by atoms with E-state index in [-0.39, 0.29) is 17.0 Å². The van der Waals surface area contributed by atoms with E-state index >= 15 is 0 Å². The largest absolute Gasteiger partial charge is 0.269 e. The van der Waals surface area contributed by atoms with Gasteiger partial charge in [-0.1, -0.05) is 29.8 Å². The van der Waals surface area contributed by atoms with E-state index in [1.165, 1.54) is 11.6 Å². The molecule has 0 bridgehead atoms. The lowest BCUT2D eigenvalue weighted by Crippen LogP contribution is -2.32. The number of aryl methyl sites for hydroxylation is 2. The molecule has 120 valence electrons. The number of thioether (sulfide) groups is 1. The van der Waals surface area contributed by atoms with Crippen molar-refractivity contribution in [3.05, 3.63) is 59.2 Å². The topological polar surface area (TPSA) is 54.5 Å². The van der Waals surface area contributed by atoms with Gasteiger partial charge in [0.05, 0.1) is 5.56 Å². The molecule has 0 radical (unpaired) electrons. The maximum atomic E-state index is 12.4. The first-order valence-corrected chi connectivity index (χ1v) is 9.70. The summed E-state index contributed by atoms with van der Waals surface area (Å²) in [5, 5.41) is 0. The minimum atomic E-state index is -3.70. The number of fused-ring (bicyclic) bond motifs is 1. The first kappa shape index (κ1) is 16.1. The fourth-order valence-electron chi connectivity index (χ4n) is 2.65. The Balaban J connectivity index is 1.73. The predicted molar refractivity (Wildman–Crippen MR) is 91.3 cm³/mol. The number of rotatable bonds is 4. The molecule has 1 amide bonds.